The van der Waals surface area contributed by atoms with Crippen LogP contribution in [0.15, 0.2) is 31.0 Å². The van der Waals surface area contributed by atoms with Crippen molar-refractivity contribution in [2.45, 2.75) is 6.54 Å². The first-order valence-electron chi connectivity index (χ1n) is 5.40. The molecule has 6 nitrogen and oxygen atoms in total. The van der Waals surface area contributed by atoms with E-state index in [1.54, 1.807) is 12.1 Å². The van der Waals surface area contributed by atoms with Crippen molar-refractivity contribution in [3.63, 3.8) is 0 Å². The fraction of sp³-hybridized carbons (Fsp3) is 0.250. The fourth-order valence-corrected chi connectivity index (χ4v) is 1.21. The average molecular weight is 249 g/mol. The number of nitrogens with one attached hydrogen (secondary N) is 2. The summed E-state index contributed by atoms with van der Waals surface area (Å²) in [6.45, 7) is 4.63. The van der Waals surface area contributed by atoms with E-state index in [9.17, 15) is 9.59 Å². The maximum atomic E-state index is 11.3. The van der Waals surface area contributed by atoms with Crippen LogP contribution < -0.4 is 10.6 Å². The van der Waals surface area contributed by atoms with Crippen molar-refractivity contribution in [1.29, 1.82) is 0 Å². The number of hydrogen-bond donors (Lipinski definition) is 3. The summed E-state index contributed by atoms with van der Waals surface area (Å²) in [5.74, 6) is -1.21. The van der Waals surface area contributed by atoms with E-state index < -0.39 is 5.97 Å². The van der Waals surface area contributed by atoms with Gasteiger partial charge in [-0.05, 0) is 11.6 Å². The van der Waals surface area contributed by atoms with Crippen LogP contribution in [0.4, 0.5) is 0 Å². The van der Waals surface area contributed by atoms with Crippen LogP contribution in [0.25, 0.3) is 0 Å². The van der Waals surface area contributed by atoms with Gasteiger partial charge in [0, 0.05) is 19.3 Å². The molecular weight excluding hydrogens is 234 g/mol. The number of aromatic nitrogens is 1. The first kappa shape index (κ1) is 13.9. The van der Waals surface area contributed by atoms with E-state index in [-0.39, 0.29) is 18.1 Å². The largest absolute Gasteiger partial charge is 0.477 e. The lowest BCUT2D eigenvalue weighted by atomic mass is 10.2. The van der Waals surface area contributed by atoms with E-state index in [2.05, 4.69) is 22.2 Å². The highest BCUT2D eigenvalue weighted by Gasteiger charge is 2.04. The molecule has 0 fully saturated rings. The normalized spacial score (nSPS) is 9.78. The highest BCUT2D eigenvalue weighted by molar-refractivity contribution is 5.85. The maximum Gasteiger partial charge on any atom is 0.354 e. The van der Waals surface area contributed by atoms with Gasteiger partial charge in [-0.3, -0.25) is 4.79 Å². The molecule has 0 saturated carbocycles. The number of carboxylic acids is 1. The molecule has 0 aliphatic carbocycles. The lowest BCUT2D eigenvalue weighted by molar-refractivity contribution is -0.120. The summed E-state index contributed by atoms with van der Waals surface area (Å²) in [5, 5.41) is 14.2. The number of rotatable bonds is 7. The first-order valence-corrected chi connectivity index (χ1v) is 5.40. The second-order valence-electron chi connectivity index (χ2n) is 3.55. The van der Waals surface area contributed by atoms with Crippen molar-refractivity contribution in [3.05, 3.63) is 42.2 Å². The van der Waals surface area contributed by atoms with Gasteiger partial charge in [0.1, 0.15) is 5.69 Å². The van der Waals surface area contributed by atoms with Crippen molar-refractivity contribution in [1.82, 2.24) is 15.6 Å². The number of hydrogen-bond acceptors (Lipinski definition) is 4. The molecule has 0 bridgehead atoms. The Hall–Kier alpha value is -2.21. The minimum atomic E-state index is -1.07. The van der Waals surface area contributed by atoms with E-state index in [1.165, 1.54) is 12.3 Å². The van der Waals surface area contributed by atoms with Crippen LogP contribution in [-0.4, -0.2) is 35.1 Å². The fourth-order valence-electron chi connectivity index (χ4n) is 1.21. The quantitative estimate of drug-likeness (QED) is 0.473. The zero-order chi connectivity index (χ0) is 13.4. The number of carbonyl (C=O) groups is 2. The molecule has 96 valence electrons. The third-order valence-corrected chi connectivity index (χ3v) is 2.11. The monoisotopic (exact) mass is 249 g/mol. The number of carbonyl (C=O) groups excluding carboxylic acids is 1. The predicted molar refractivity (Wildman–Crippen MR) is 66.1 cm³/mol. The van der Waals surface area contributed by atoms with Gasteiger partial charge in [0.15, 0.2) is 0 Å². The molecule has 0 aliphatic heterocycles. The number of carboxylic acid groups (broad SMARTS) is 1. The molecule has 0 aliphatic rings. The van der Waals surface area contributed by atoms with Gasteiger partial charge in [-0.25, -0.2) is 9.78 Å². The van der Waals surface area contributed by atoms with E-state index in [0.29, 0.717) is 13.1 Å². The Bertz CT molecular complexity index is 429. The molecule has 0 radical (unpaired) electrons. The number of pyridine rings is 1. The molecule has 0 atom stereocenters. The number of aromatic carboxylic acids is 1. The van der Waals surface area contributed by atoms with E-state index in [4.69, 9.17) is 5.11 Å². The summed E-state index contributed by atoms with van der Waals surface area (Å²) in [4.78, 5) is 25.7. The van der Waals surface area contributed by atoms with Crippen molar-refractivity contribution >= 4 is 11.9 Å². The molecule has 1 amide bonds. The molecule has 1 aromatic heterocycles. The molecular formula is C12H15N3O3. The van der Waals surface area contributed by atoms with Gasteiger partial charge in [0.25, 0.3) is 0 Å². The summed E-state index contributed by atoms with van der Waals surface area (Å²) in [6.07, 6.45) is 3.10. The molecule has 6 heteroatoms. The van der Waals surface area contributed by atoms with Gasteiger partial charge in [-0.2, -0.15) is 0 Å². The van der Waals surface area contributed by atoms with Crippen LogP contribution in [0.2, 0.25) is 0 Å². The van der Waals surface area contributed by atoms with Gasteiger partial charge in [-0.15, -0.1) is 6.58 Å². The molecule has 3 N–H and O–H groups in total. The van der Waals surface area contributed by atoms with Crippen LogP contribution in [0, 0.1) is 0 Å². The Kier molecular flexibility index (Phi) is 5.53. The minimum Gasteiger partial charge on any atom is -0.477 e. The third-order valence-electron chi connectivity index (χ3n) is 2.11. The molecule has 18 heavy (non-hydrogen) atoms. The predicted octanol–water partition coefficient (Wildman–Crippen LogP) is 0.172. The summed E-state index contributed by atoms with van der Waals surface area (Å²) >= 11 is 0. The van der Waals surface area contributed by atoms with Crippen LogP contribution in [-0.2, 0) is 11.3 Å². The second-order valence-corrected chi connectivity index (χ2v) is 3.55. The Balaban J connectivity index is 2.36. The van der Waals surface area contributed by atoms with Gasteiger partial charge >= 0.3 is 5.97 Å². The van der Waals surface area contributed by atoms with Gasteiger partial charge < -0.3 is 15.7 Å². The van der Waals surface area contributed by atoms with Crippen molar-refractivity contribution < 1.29 is 14.7 Å². The van der Waals surface area contributed by atoms with Crippen LogP contribution in [0.1, 0.15) is 16.1 Å². The van der Waals surface area contributed by atoms with Crippen LogP contribution in [0.3, 0.4) is 0 Å². The second kappa shape index (κ2) is 7.18. The highest BCUT2D eigenvalue weighted by Crippen LogP contribution is 1.99. The Morgan fingerprint density at radius 1 is 1.44 bits per heavy atom. The molecule has 1 rings (SSSR count). The molecule has 0 saturated heterocycles. The van der Waals surface area contributed by atoms with E-state index in [0.717, 1.165) is 5.56 Å². The SMILES string of the molecule is C=CCNCC(=O)NCc1ccc(C(=O)O)nc1. The number of nitrogens with zero attached hydrogens (tertiary/aromatic N) is 1. The van der Waals surface area contributed by atoms with E-state index >= 15 is 0 Å². The van der Waals surface area contributed by atoms with Crippen molar-refractivity contribution in [2.75, 3.05) is 13.1 Å². The van der Waals surface area contributed by atoms with Gasteiger partial charge in [-0.1, -0.05) is 12.1 Å². The average Bonchev–Trinajstić information content (AvgIpc) is 2.37. The first-order chi connectivity index (χ1) is 8.63. The Labute approximate surface area is 105 Å². The highest BCUT2D eigenvalue weighted by atomic mass is 16.4. The summed E-state index contributed by atoms with van der Waals surface area (Å²) < 4.78 is 0. The topological polar surface area (TPSA) is 91.3 Å². The zero-order valence-corrected chi connectivity index (χ0v) is 9.85. The molecule has 0 spiro atoms. The Morgan fingerprint density at radius 2 is 2.22 bits per heavy atom. The zero-order valence-electron chi connectivity index (χ0n) is 9.85. The third kappa shape index (κ3) is 4.75. The molecule has 0 unspecified atom stereocenters. The van der Waals surface area contributed by atoms with Gasteiger partial charge in [0.05, 0.1) is 6.54 Å². The molecule has 1 heterocycles. The van der Waals surface area contributed by atoms with E-state index in [1.807, 2.05) is 0 Å². The lowest BCUT2D eigenvalue weighted by Gasteiger charge is -2.05. The van der Waals surface area contributed by atoms with Crippen molar-refractivity contribution in [2.24, 2.45) is 0 Å². The number of amides is 1. The van der Waals surface area contributed by atoms with Crippen LogP contribution in [0.5, 0.6) is 0 Å². The van der Waals surface area contributed by atoms with Crippen LogP contribution >= 0.6 is 0 Å². The summed E-state index contributed by atoms with van der Waals surface area (Å²) in [7, 11) is 0. The van der Waals surface area contributed by atoms with Crippen molar-refractivity contribution in [3.8, 4) is 0 Å². The molecule has 1 aromatic rings. The molecule has 0 aromatic carbocycles. The Morgan fingerprint density at radius 3 is 2.78 bits per heavy atom. The van der Waals surface area contributed by atoms with Gasteiger partial charge in [0.2, 0.25) is 5.91 Å². The maximum absolute atomic E-state index is 11.3. The standard InChI is InChI=1S/C12H15N3O3/c1-2-5-13-8-11(16)15-7-9-3-4-10(12(17)18)14-6-9/h2-4,6,13H,1,5,7-8H2,(H,15,16)(H,17,18). The summed E-state index contributed by atoms with van der Waals surface area (Å²) in [5.41, 5.74) is 0.731. The minimum absolute atomic E-state index is 0.0160. The smallest absolute Gasteiger partial charge is 0.354 e. The lowest BCUT2D eigenvalue weighted by Crippen LogP contribution is -2.33. The summed E-state index contributed by atoms with van der Waals surface area (Å²) in [6, 6.07) is 3.02.